The van der Waals surface area contributed by atoms with Crippen LogP contribution in [0.2, 0.25) is 0 Å². The highest BCUT2D eigenvalue weighted by molar-refractivity contribution is 5.93. The number of nitrogens with zero attached hydrogens (tertiary/aromatic N) is 3. The Morgan fingerprint density at radius 3 is 2.50 bits per heavy atom. The second kappa shape index (κ2) is 7.54. The molecule has 1 unspecified atom stereocenters. The van der Waals surface area contributed by atoms with Crippen LogP contribution in [0, 0.1) is 0 Å². The molecule has 5 nitrogen and oxygen atoms in total. The summed E-state index contributed by atoms with van der Waals surface area (Å²) in [6, 6.07) is 11.5. The minimum Gasteiger partial charge on any atom is -0.357 e. The molecule has 0 radical (unpaired) electrons. The fourth-order valence-corrected chi connectivity index (χ4v) is 2.29. The van der Waals surface area contributed by atoms with Gasteiger partial charge in [0, 0.05) is 19.2 Å². The number of hydrogen-bond acceptors (Lipinski definition) is 4. The van der Waals surface area contributed by atoms with Crippen molar-refractivity contribution in [1.82, 2.24) is 15.3 Å². The number of benzene rings is 1. The van der Waals surface area contributed by atoms with Crippen LogP contribution in [0.15, 0.2) is 42.7 Å². The first-order valence-electron chi connectivity index (χ1n) is 7.58. The van der Waals surface area contributed by atoms with Crippen molar-refractivity contribution in [2.75, 3.05) is 18.0 Å². The van der Waals surface area contributed by atoms with E-state index in [2.05, 4.69) is 34.0 Å². The number of amides is 1. The van der Waals surface area contributed by atoms with E-state index in [1.165, 1.54) is 6.33 Å². The molecule has 0 spiro atoms. The molecule has 22 heavy (non-hydrogen) atoms. The molecule has 1 N–H and O–H groups in total. The number of carbonyl (C=O) groups is 1. The van der Waals surface area contributed by atoms with E-state index >= 15 is 0 Å². The van der Waals surface area contributed by atoms with Crippen LogP contribution in [0.5, 0.6) is 0 Å². The molecule has 2 rings (SSSR count). The normalized spacial score (nSPS) is 11.8. The second-order valence-electron chi connectivity index (χ2n) is 5.04. The number of anilines is 1. The van der Waals surface area contributed by atoms with Gasteiger partial charge < -0.3 is 10.2 Å². The Morgan fingerprint density at radius 2 is 1.86 bits per heavy atom. The zero-order chi connectivity index (χ0) is 15.9. The van der Waals surface area contributed by atoms with Crippen LogP contribution in [0.1, 0.15) is 42.9 Å². The third kappa shape index (κ3) is 3.81. The van der Waals surface area contributed by atoms with E-state index in [-0.39, 0.29) is 11.9 Å². The summed E-state index contributed by atoms with van der Waals surface area (Å²) in [5.41, 5.74) is 1.45. The van der Waals surface area contributed by atoms with Gasteiger partial charge in [-0.3, -0.25) is 4.79 Å². The predicted molar refractivity (Wildman–Crippen MR) is 87.9 cm³/mol. The van der Waals surface area contributed by atoms with Gasteiger partial charge in [0.1, 0.15) is 17.8 Å². The highest BCUT2D eigenvalue weighted by Crippen LogP contribution is 2.14. The first-order chi connectivity index (χ1) is 10.7. The Hall–Kier alpha value is -2.43. The van der Waals surface area contributed by atoms with Crippen molar-refractivity contribution in [2.45, 2.75) is 26.8 Å². The third-order valence-electron chi connectivity index (χ3n) is 3.62. The zero-order valence-corrected chi connectivity index (χ0v) is 13.3. The van der Waals surface area contributed by atoms with Crippen LogP contribution in [0.3, 0.4) is 0 Å². The Bertz CT molecular complexity index is 611. The molecule has 5 heteroatoms. The van der Waals surface area contributed by atoms with Gasteiger partial charge >= 0.3 is 0 Å². The minimum atomic E-state index is -0.188. The fraction of sp³-hybridized carbons (Fsp3) is 0.353. The topological polar surface area (TPSA) is 58.1 Å². The molecule has 0 saturated heterocycles. The van der Waals surface area contributed by atoms with Crippen molar-refractivity contribution in [2.24, 2.45) is 0 Å². The standard InChI is InChI=1S/C17H22N4O/c1-4-21(5-2)16-11-15(18-12-19-16)17(22)20-13(3)14-9-7-6-8-10-14/h6-13H,4-5H2,1-3H3,(H,20,22). The lowest BCUT2D eigenvalue weighted by Crippen LogP contribution is -2.28. The molecular formula is C17H22N4O. The van der Waals surface area contributed by atoms with Crippen LogP contribution in [-0.4, -0.2) is 29.0 Å². The van der Waals surface area contributed by atoms with Crippen molar-refractivity contribution in [3.8, 4) is 0 Å². The summed E-state index contributed by atoms with van der Waals surface area (Å²) in [5, 5.41) is 2.97. The smallest absolute Gasteiger partial charge is 0.270 e. The number of carbonyl (C=O) groups excluding carboxylic acids is 1. The number of nitrogens with one attached hydrogen (secondary N) is 1. The predicted octanol–water partition coefficient (Wildman–Crippen LogP) is 2.81. The Balaban J connectivity index is 2.11. The summed E-state index contributed by atoms with van der Waals surface area (Å²) in [7, 11) is 0. The van der Waals surface area contributed by atoms with Gasteiger partial charge in [-0.25, -0.2) is 9.97 Å². The van der Waals surface area contributed by atoms with Gasteiger partial charge in [-0.2, -0.15) is 0 Å². The van der Waals surface area contributed by atoms with Crippen molar-refractivity contribution >= 4 is 11.7 Å². The lowest BCUT2D eigenvalue weighted by atomic mass is 10.1. The van der Waals surface area contributed by atoms with Gasteiger partial charge in [0.25, 0.3) is 5.91 Å². The SMILES string of the molecule is CCN(CC)c1cc(C(=O)NC(C)c2ccccc2)ncn1. The summed E-state index contributed by atoms with van der Waals surface area (Å²) in [6.07, 6.45) is 1.44. The maximum absolute atomic E-state index is 12.4. The number of rotatable bonds is 6. The zero-order valence-electron chi connectivity index (χ0n) is 13.3. The molecule has 2 aromatic rings. The van der Waals surface area contributed by atoms with E-state index in [0.29, 0.717) is 5.69 Å². The highest BCUT2D eigenvalue weighted by atomic mass is 16.1. The van der Waals surface area contributed by atoms with Gasteiger partial charge in [0.2, 0.25) is 0 Å². The molecule has 0 aliphatic heterocycles. The molecule has 1 amide bonds. The van der Waals surface area contributed by atoms with Crippen molar-refractivity contribution in [1.29, 1.82) is 0 Å². The van der Waals surface area contributed by atoms with E-state index in [1.807, 2.05) is 37.3 Å². The molecule has 1 aromatic carbocycles. The van der Waals surface area contributed by atoms with Crippen molar-refractivity contribution in [3.63, 3.8) is 0 Å². The van der Waals surface area contributed by atoms with Crippen molar-refractivity contribution in [3.05, 3.63) is 54.0 Å². The lowest BCUT2D eigenvalue weighted by molar-refractivity contribution is 0.0934. The average molecular weight is 298 g/mol. The Kier molecular flexibility index (Phi) is 5.47. The van der Waals surface area contributed by atoms with Gasteiger partial charge in [-0.05, 0) is 26.3 Å². The van der Waals surface area contributed by atoms with Crippen LogP contribution >= 0.6 is 0 Å². The number of aromatic nitrogens is 2. The summed E-state index contributed by atoms with van der Waals surface area (Å²) >= 11 is 0. The first kappa shape index (κ1) is 15.9. The summed E-state index contributed by atoms with van der Waals surface area (Å²) in [6.45, 7) is 7.76. The molecule has 116 valence electrons. The van der Waals surface area contributed by atoms with E-state index in [0.717, 1.165) is 24.5 Å². The second-order valence-corrected chi connectivity index (χ2v) is 5.04. The summed E-state index contributed by atoms with van der Waals surface area (Å²) in [4.78, 5) is 22.8. The minimum absolute atomic E-state index is 0.0689. The molecule has 1 atom stereocenters. The fourth-order valence-electron chi connectivity index (χ4n) is 2.29. The molecule has 0 saturated carbocycles. The quantitative estimate of drug-likeness (QED) is 0.891. The average Bonchev–Trinajstić information content (AvgIpc) is 2.57. The van der Waals surface area contributed by atoms with Crippen LogP contribution in [0.25, 0.3) is 0 Å². The van der Waals surface area contributed by atoms with E-state index < -0.39 is 0 Å². The highest BCUT2D eigenvalue weighted by Gasteiger charge is 2.14. The van der Waals surface area contributed by atoms with Gasteiger partial charge in [-0.15, -0.1) is 0 Å². The van der Waals surface area contributed by atoms with Gasteiger partial charge in [0.05, 0.1) is 6.04 Å². The van der Waals surface area contributed by atoms with Crippen LogP contribution < -0.4 is 10.2 Å². The lowest BCUT2D eigenvalue weighted by Gasteiger charge is -2.20. The van der Waals surface area contributed by atoms with Crippen molar-refractivity contribution < 1.29 is 4.79 Å². The Morgan fingerprint density at radius 1 is 1.18 bits per heavy atom. The van der Waals surface area contributed by atoms with Gasteiger partial charge in [0.15, 0.2) is 0 Å². The van der Waals surface area contributed by atoms with Crippen LogP contribution in [-0.2, 0) is 0 Å². The van der Waals surface area contributed by atoms with Crippen LogP contribution in [0.4, 0.5) is 5.82 Å². The van der Waals surface area contributed by atoms with E-state index in [4.69, 9.17) is 0 Å². The molecule has 1 aromatic heterocycles. The summed E-state index contributed by atoms with van der Waals surface area (Å²) < 4.78 is 0. The molecular weight excluding hydrogens is 276 g/mol. The van der Waals surface area contributed by atoms with Gasteiger partial charge in [-0.1, -0.05) is 30.3 Å². The largest absolute Gasteiger partial charge is 0.357 e. The number of hydrogen-bond donors (Lipinski definition) is 1. The molecule has 0 bridgehead atoms. The summed E-state index contributed by atoms with van der Waals surface area (Å²) in [5.74, 6) is 0.588. The Labute approximate surface area is 131 Å². The maximum Gasteiger partial charge on any atom is 0.270 e. The molecule has 0 aliphatic rings. The van der Waals surface area contributed by atoms with E-state index in [9.17, 15) is 4.79 Å². The van der Waals surface area contributed by atoms with E-state index in [1.54, 1.807) is 6.07 Å². The third-order valence-corrected chi connectivity index (χ3v) is 3.62. The monoisotopic (exact) mass is 298 g/mol. The first-order valence-corrected chi connectivity index (χ1v) is 7.58. The molecule has 0 aliphatic carbocycles. The maximum atomic E-state index is 12.4. The molecule has 0 fully saturated rings. The molecule has 1 heterocycles.